The minimum Gasteiger partial charge on any atom is -0.497 e. The molecule has 1 amide bonds. The molecule has 32 heavy (non-hydrogen) atoms. The predicted molar refractivity (Wildman–Crippen MR) is 116 cm³/mol. The number of carbonyl (C=O) groups is 3. The molecule has 2 aromatic carbocycles. The van der Waals surface area contributed by atoms with Crippen molar-refractivity contribution in [3.05, 3.63) is 100 Å². The van der Waals surface area contributed by atoms with Crippen molar-refractivity contribution in [3.8, 4) is 5.75 Å². The summed E-state index contributed by atoms with van der Waals surface area (Å²) in [4.78, 5) is 37.8. The molecule has 0 aromatic heterocycles. The van der Waals surface area contributed by atoms with Gasteiger partial charge in [0.2, 0.25) is 0 Å². The summed E-state index contributed by atoms with van der Waals surface area (Å²) in [6, 6.07) is 13.1. The molecule has 1 aliphatic carbocycles. The van der Waals surface area contributed by atoms with Crippen molar-refractivity contribution in [2.45, 2.75) is 13.0 Å². The van der Waals surface area contributed by atoms with Crippen LogP contribution in [-0.2, 0) is 16.1 Å². The van der Waals surface area contributed by atoms with Gasteiger partial charge in [-0.15, -0.1) is 0 Å². The average molecular weight is 431 g/mol. The van der Waals surface area contributed by atoms with Crippen LogP contribution in [0.2, 0.25) is 0 Å². The number of ether oxygens (including phenoxy) is 2. The number of hydrogen-bond acceptors (Lipinski definition) is 5. The molecule has 4 rings (SSSR count). The molecule has 0 unspecified atom stereocenters. The van der Waals surface area contributed by atoms with E-state index >= 15 is 0 Å². The van der Waals surface area contributed by atoms with E-state index in [2.05, 4.69) is 0 Å². The van der Waals surface area contributed by atoms with E-state index in [4.69, 9.17) is 14.6 Å². The van der Waals surface area contributed by atoms with Gasteiger partial charge in [-0.2, -0.15) is 0 Å². The largest absolute Gasteiger partial charge is 0.497 e. The van der Waals surface area contributed by atoms with E-state index in [1.165, 1.54) is 24.3 Å². The zero-order valence-corrected chi connectivity index (χ0v) is 17.4. The second-order valence-electron chi connectivity index (χ2n) is 7.43. The number of nitrogens with zero attached hydrogens (tertiary/aromatic N) is 1. The molecule has 0 saturated carbocycles. The molecule has 2 aromatic rings. The molecule has 7 nitrogen and oxygen atoms in total. The predicted octanol–water partition coefficient (Wildman–Crippen LogP) is 3.73. The van der Waals surface area contributed by atoms with Crippen LogP contribution < -0.4 is 4.74 Å². The van der Waals surface area contributed by atoms with Crippen molar-refractivity contribution in [2.24, 2.45) is 0 Å². The summed E-state index contributed by atoms with van der Waals surface area (Å²) in [5.41, 5.74) is 3.70. The first kappa shape index (κ1) is 21.1. The minimum absolute atomic E-state index is 0.125. The van der Waals surface area contributed by atoms with Gasteiger partial charge in [-0.1, -0.05) is 18.2 Å². The van der Waals surface area contributed by atoms with Crippen LogP contribution >= 0.6 is 0 Å². The molecule has 1 N–H and O–H groups in total. The third kappa shape index (κ3) is 4.46. The molecule has 162 valence electrons. The van der Waals surface area contributed by atoms with Crippen molar-refractivity contribution in [3.63, 3.8) is 0 Å². The number of carboxylic acids is 1. The van der Waals surface area contributed by atoms with E-state index in [-0.39, 0.29) is 18.1 Å². The number of benzene rings is 2. The van der Waals surface area contributed by atoms with Crippen LogP contribution in [0.3, 0.4) is 0 Å². The quantitative estimate of drug-likeness (QED) is 0.701. The molecule has 7 heteroatoms. The Labute approximate surface area is 184 Å². The number of carbonyl (C=O) groups excluding carboxylic acids is 2. The van der Waals surface area contributed by atoms with E-state index in [9.17, 15) is 14.4 Å². The lowest BCUT2D eigenvalue weighted by atomic mass is 9.96. The number of fused-ring (bicyclic) bond motifs is 1. The van der Waals surface area contributed by atoms with Gasteiger partial charge in [0.1, 0.15) is 12.4 Å². The summed E-state index contributed by atoms with van der Waals surface area (Å²) in [5, 5.41) is 9.00. The van der Waals surface area contributed by atoms with Gasteiger partial charge >= 0.3 is 11.9 Å². The van der Waals surface area contributed by atoms with Gasteiger partial charge in [-0.3, -0.25) is 4.79 Å². The summed E-state index contributed by atoms with van der Waals surface area (Å²) in [6.07, 6.45) is 5.85. The van der Waals surface area contributed by atoms with Crippen LogP contribution in [0.25, 0.3) is 0 Å². The zero-order chi connectivity index (χ0) is 22.7. The third-order valence-electron chi connectivity index (χ3n) is 5.34. The first-order valence-corrected chi connectivity index (χ1v) is 10.0. The Morgan fingerprint density at radius 1 is 0.969 bits per heavy atom. The number of rotatable bonds is 6. The molecular formula is C25H21NO6. The second-order valence-corrected chi connectivity index (χ2v) is 7.43. The van der Waals surface area contributed by atoms with Gasteiger partial charge < -0.3 is 19.5 Å². The third-order valence-corrected chi connectivity index (χ3v) is 5.34. The van der Waals surface area contributed by atoms with Crippen LogP contribution in [0.15, 0.2) is 83.6 Å². The molecular weight excluding hydrogens is 410 g/mol. The van der Waals surface area contributed by atoms with Crippen molar-refractivity contribution >= 4 is 17.8 Å². The molecule has 0 radical (unpaired) electrons. The Morgan fingerprint density at radius 2 is 1.66 bits per heavy atom. The normalized spacial score (nSPS) is 14.7. The molecule has 0 fully saturated rings. The molecule has 0 atom stereocenters. The fraction of sp³-hybridized carbons (Fsp3) is 0.160. The molecule has 2 aliphatic rings. The monoisotopic (exact) mass is 431 g/mol. The first-order chi connectivity index (χ1) is 15.4. The highest BCUT2D eigenvalue weighted by Crippen LogP contribution is 2.31. The highest BCUT2D eigenvalue weighted by molar-refractivity contribution is 5.97. The van der Waals surface area contributed by atoms with E-state index < -0.39 is 11.9 Å². The van der Waals surface area contributed by atoms with Crippen LogP contribution in [0.5, 0.6) is 5.75 Å². The maximum Gasteiger partial charge on any atom is 0.338 e. The fourth-order valence-corrected chi connectivity index (χ4v) is 3.54. The topological polar surface area (TPSA) is 93.1 Å². The summed E-state index contributed by atoms with van der Waals surface area (Å²) in [5.74, 6) is -0.951. The number of aromatic carboxylic acids is 1. The van der Waals surface area contributed by atoms with Crippen LogP contribution in [0.4, 0.5) is 0 Å². The minimum atomic E-state index is -1.04. The number of amides is 1. The smallest absolute Gasteiger partial charge is 0.338 e. The lowest BCUT2D eigenvalue weighted by molar-refractivity contribution is -0.139. The van der Waals surface area contributed by atoms with E-state index in [1.54, 1.807) is 42.5 Å². The molecule has 1 aliphatic heterocycles. The Kier molecular flexibility index (Phi) is 5.89. The second kappa shape index (κ2) is 8.93. The van der Waals surface area contributed by atoms with Gasteiger partial charge in [0.05, 0.1) is 24.8 Å². The van der Waals surface area contributed by atoms with Crippen LogP contribution in [0, 0.1) is 0 Å². The summed E-state index contributed by atoms with van der Waals surface area (Å²) in [6.45, 7) is 0.501. The average Bonchev–Trinajstić information content (AvgIpc) is 3.26. The summed E-state index contributed by atoms with van der Waals surface area (Å²) in [7, 11) is 1.59. The fourth-order valence-electron chi connectivity index (χ4n) is 3.54. The maximum absolute atomic E-state index is 12.8. The van der Waals surface area contributed by atoms with E-state index in [0.29, 0.717) is 24.1 Å². The zero-order valence-electron chi connectivity index (χ0n) is 17.4. The molecule has 0 bridgehead atoms. The van der Waals surface area contributed by atoms with Gasteiger partial charge in [0, 0.05) is 11.8 Å². The van der Waals surface area contributed by atoms with Gasteiger partial charge in [-0.25, -0.2) is 9.59 Å². The van der Waals surface area contributed by atoms with Crippen molar-refractivity contribution in [1.82, 2.24) is 4.90 Å². The van der Waals surface area contributed by atoms with Crippen LogP contribution in [-0.4, -0.2) is 41.5 Å². The van der Waals surface area contributed by atoms with Gasteiger partial charge in [0.25, 0.3) is 5.91 Å². The summed E-state index contributed by atoms with van der Waals surface area (Å²) < 4.78 is 10.5. The summed E-state index contributed by atoms with van der Waals surface area (Å²) >= 11 is 0. The molecule has 0 saturated heterocycles. The number of carboxylic acid groups (broad SMARTS) is 1. The van der Waals surface area contributed by atoms with Crippen LogP contribution in [0.1, 0.15) is 32.7 Å². The lowest BCUT2D eigenvalue weighted by Gasteiger charge is -2.14. The maximum atomic E-state index is 12.8. The van der Waals surface area contributed by atoms with Gasteiger partial charge in [-0.05, 0) is 65.6 Å². The van der Waals surface area contributed by atoms with Gasteiger partial charge in [0.15, 0.2) is 0 Å². The van der Waals surface area contributed by atoms with Crippen molar-refractivity contribution in [1.29, 1.82) is 0 Å². The Balaban J connectivity index is 1.38. The highest BCUT2D eigenvalue weighted by atomic mass is 16.5. The Morgan fingerprint density at radius 3 is 2.31 bits per heavy atom. The Bertz CT molecular complexity index is 1160. The lowest BCUT2D eigenvalue weighted by Crippen LogP contribution is -2.24. The van der Waals surface area contributed by atoms with Crippen molar-refractivity contribution in [2.75, 3.05) is 13.7 Å². The Hall–Kier alpha value is -4.13. The number of allylic oxidation sites excluding steroid dienone is 1. The number of methoxy groups -OCH3 is 1. The standard InChI is InChI=1S/C25H21NO6/c1-31-22-10-2-16(3-11-22)15-32-25(30)19-8-9-20-13-26(14-21(20)12-19)23(27)17-4-6-18(7-5-17)24(28)29/h2-8,10-13H,9,14-15H2,1H3,(H,28,29). The molecule has 0 spiro atoms. The number of hydrogen-bond donors (Lipinski definition) is 1. The SMILES string of the molecule is COc1ccc(COC(=O)C2=CCC3=CN(C(=O)c4ccc(C(=O)O)cc4)CC3=C2)cc1. The molecule has 1 heterocycles. The highest BCUT2D eigenvalue weighted by Gasteiger charge is 2.27. The van der Waals surface area contributed by atoms with E-state index in [1.807, 2.05) is 12.1 Å². The first-order valence-electron chi connectivity index (χ1n) is 10.0. The van der Waals surface area contributed by atoms with Crippen molar-refractivity contribution < 1.29 is 29.0 Å². The van der Waals surface area contributed by atoms with E-state index in [0.717, 1.165) is 22.5 Å². The number of esters is 1.